The van der Waals surface area contributed by atoms with Crippen molar-refractivity contribution in [2.45, 2.75) is 12.7 Å². The first kappa shape index (κ1) is 20.8. The maximum atomic E-state index is 12.5. The molecule has 3 aromatic rings. The summed E-state index contributed by atoms with van der Waals surface area (Å²) in [6.07, 6.45) is -0.403. The molecule has 1 aromatic carbocycles. The summed E-state index contributed by atoms with van der Waals surface area (Å²) in [6.45, 7) is 0.184. The molecule has 3 rings (SSSR count). The molecule has 0 radical (unpaired) electrons. The molecular weight excluding hydrogens is 403 g/mol. The van der Waals surface area contributed by atoms with Crippen LogP contribution in [0.5, 0.6) is 0 Å². The SMILES string of the molecule is N/C(=C\N(N)Cc1ccc(-c2noc(C(F)(F)F)n2)cc1)C(=O)Nc1ccncc1. The average molecular weight is 419 g/mol. The Kier molecular flexibility index (Phi) is 5.97. The number of hydrogen-bond acceptors (Lipinski definition) is 8. The molecular formula is C18H16F3N7O2. The number of nitrogens with one attached hydrogen (secondary N) is 1. The highest BCUT2D eigenvalue weighted by molar-refractivity contribution is 6.02. The van der Waals surface area contributed by atoms with Crippen LogP contribution in [0.2, 0.25) is 0 Å². The number of nitrogens with zero attached hydrogens (tertiary/aromatic N) is 4. The number of nitrogens with two attached hydrogens (primary N) is 2. The van der Waals surface area contributed by atoms with Gasteiger partial charge >= 0.3 is 12.1 Å². The summed E-state index contributed by atoms with van der Waals surface area (Å²) in [7, 11) is 0. The van der Waals surface area contributed by atoms with Gasteiger partial charge in [-0.15, -0.1) is 0 Å². The highest BCUT2D eigenvalue weighted by Crippen LogP contribution is 2.29. The van der Waals surface area contributed by atoms with Crippen LogP contribution in [-0.4, -0.2) is 26.0 Å². The van der Waals surface area contributed by atoms with E-state index in [1.807, 2.05) is 0 Å². The molecule has 0 aliphatic carbocycles. The van der Waals surface area contributed by atoms with Crippen molar-refractivity contribution < 1.29 is 22.5 Å². The van der Waals surface area contributed by atoms with Gasteiger partial charge in [0.05, 0.1) is 6.54 Å². The molecule has 156 valence electrons. The van der Waals surface area contributed by atoms with Gasteiger partial charge < -0.3 is 20.6 Å². The fourth-order valence-electron chi connectivity index (χ4n) is 2.35. The van der Waals surface area contributed by atoms with E-state index in [1.54, 1.807) is 24.3 Å². The monoisotopic (exact) mass is 419 g/mol. The summed E-state index contributed by atoms with van der Waals surface area (Å²) in [5.41, 5.74) is 7.21. The van der Waals surface area contributed by atoms with E-state index in [9.17, 15) is 18.0 Å². The second-order valence-electron chi connectivity index (χ2n) is 6.06. The predicted octanol–water partition coefficient (Wildman–Crippen LogP) is 2.26. The van der Waals surface area contributed by atoms with Gasteiger partial charge in [0, 0.05) is 29.8 Å². The molecule has 0 fully saturated rings. The van der Waals surface area contributed by atoms with E-state index in [-0.39, 0.29) is 18.1 Å². The molecule has 5 N–H and O–H groups in total. The van der Waals surface area contributed by atoms with Crippen molar-refractivity contribution in [3.05, 3.63) is 72.1 Å². The van der Waals surface area contributed by atoms with E-state index in [4.69, 9.17) is 11.6 Å². The van der Waals surface area contributed by atoms with Gasteiger partial charge in [-0.25, -0.2) is 5.84 Å². The number of alkyl halides is 3. The normalized spacial score (nSPS) is 11.9. The molecule has 9 nitrogen and oxygen atoms in total. The fourth-order valence-corrected chi connectivity index (χ4v) is 2.35. The standard InChI is InChI=1S/C18H16F3N7O2/c19-18(20,21)17-26-15(27-30-17)12-3-1-11(2-4-12)9-28(23)10-14(22)16(29)25-13-5-7-24-8-6-13/h1-8,10H,9,22-23H2,(H,24,25,29)/b14-10-. The number of hydrogen-bond donors (Lipinski definition) is 3. The van der Waals surface area contributed by atoms with Crippen molar-refractivity contribution in [2.75, 3.05) is 5.32 Å². The lowest BCUT2D eigenvalue weighted by molar-refractivity contribution is -0.159. The lowest BCUT2D eigenvalue weighted by atomic mass is 10.1. The quantitative estimate of drug-likeness (QED) is 0.314. The van der Waals surface area contributed by atoms with Crippen LogP contribution in [-0.2, 0) is 17.5 Å². The molecule has 0 saturated heterocycles. The van der Waals surface area contributed by atoms with Gasteiger partial charge in [0.25, 0.3) is 5.91 Å². The lowest BCUT2D eigenvalue weighted by Crippen LogP contribution is -2.29. The van der Waals surface area contributed by atoms with Crippen LogP contribution >= 0.6 is 0 Å². The number of anilines is 1. The Balaban J connectivity index is 1.61. The fraction of sp³-hybridized carbons (Fsp3) is 0.111. The lowest BCUT2D eigenvalue weighted by Gasteiger charge is -2.15. The van der Waals surface area contributed by atoms with Gasteiger partial charge in [-0.2, -0.15) is 18.2 Å². The Hall–Kier alpha value is -3.93. The van der Waals surface area contributed by atoms with Gasteiger partial charge in [-0.1, -0.05) is 29.4 Å². The predicted molar refractivity (Wildman–Crippen MR) is 99.6 cm³/mol. The summed E-state index contributed by atoms with van der Waals surface area (Å²) in [5.74, 6) is 3.72. The number of rotatable bonds is 6. The molecule has 1 amide bonds. The third-order valence-corrected chi connectivity index (χ3v) is 3.75. The molecule has 0 saturated carbocycles. The molecule has 30 heavy (non-hydrogen) atoms. The summed E-state index contributed by atoms with van der Waals surface area (Å²) in [5, 5.41) is 7.11. The number of carbonyl (C=O) groups is 1. The van der Waals surface area contributed by atoms with Crippen LogP contribution in [0, 0.1) is 0 Å². The molecule has 0 bridgehead atoms. The second-order valence-corrected chi connectivity index (χ2v) is 6.06. The van der Waals surface area contributed by atoms with Gasteiger partial charge in [0.15, 0.2) is 0 Å². The molecule has 12 heteroatoms. The van der Waals surface area contributed by atoms with Crippen molar-refractivity contribution in [1.82, 2.24) is 20.1 Å². The Morgan fingerprint density at radius 1 is 1.17 bits per heavy atom. The van der Waals surface area contributed by atoms with Crippen LogP contribution < -0.4 is 16.9 Å². The Morgan fingerprint density at radius 2 is 1.83 bits per heavy atom. The zero-order valence-corrected chi connectivity index (χ0v) is 15.3. The molecule has 0 aliphatic heterocycles. The minimum atomic E-state index is -4.71. The van der Waals surface area contributed by atoms with E-state index in [1.165, 1.54) is 35.7 Å². The van der Waals surface area contributed by atoms with Crippen molar-refractivity contribution in [1.29, 1.82) is 0 Å². The first-order valence-corrected chi connectivity index (χ1v) is 8.42. The Labute approximate surface area is 168 Å². The van der Waals surface area contributed by atoms with Crippen molar-refractivity contribution in [3.63, 3.8) is 0 Å². The molecule has 2 heterocycles. The number of pyridine rings is 1. The number of aromatic nitrogens is 3. The third kappa shape index (κ3) is 5.32. The maximum absolute atomic E-state index is 12.5. The summed E-state index contributed by atoms with van der Waals surface area (Å²) >= 11 is 0. The largest absolute Gasteiger partial charge is 0.471 e. The van der Waals surface area contributed by atoms with Gasteiger partial charge in [0.2, 0.25) is 5.82 Å². The Morgan fingerprint density at radius 3 is 2.43 bits per heavy atom. The van der Waals surface area contributed by atoms with E-state index in [0.29, 0.717) is 16.8 Å². The molecule has 0 spiro atoms. The number of benzene rings is 1. The van der Waals surface area contributed by atoms with Crippen LogP contribution in [0.4, 0.5) is 18.9 Å². The molecule has 0 unspecified atom stereocenters. The summed E-state index contributed by atoms with van der Waals surface area (Å²) in [4.78, 5) is 19.2. The van der Waals surface area contributed by atoms with Crippen molar-refractivity contribution in [2.24, 2.45) is 11.6 Å². The molecule has 2 aromatic heterocycles. The van der Waals surface area contributed by atoms with E-state index in [2.05, 4.69) is 25.0 Å². The third-order valence-electron chi connectivity index (χ3n) is 3.75. The second kappa shape index (κ2) is 8.61. The van der Waals surface area contributed by atoms with Crippen LogP contribution in [0.15, 0.2) is 65.2 Å². The minimum absolute atomic E-state index is 0.114. The zero-order chi connectivity index (χ0) is 21.7. The summed E-state index contributed by atoms with van der Waals surface area (Å²) < 4.78 is 41.8. The Bertz CT molecular complexity index is 1030. The number of halogens is 3. The van der Waals surface area contributed by atoms with Crippen molar-refractivity contribution >= 4 is 11.6 Å². The topological polar surface area (TPSA) is 136 Å². The first-order valence-electron chi connectivity index (χ1n) is 8.42. The highest BCUT2D eigenvalue weighted by Gasteiger charge is 2.38. The van der Waals surface area contributed by atoms with Gasteiger partial charge in [-0.3, -0.25) is 9.78 Å². The van der Waals surface area contributed by atoms with Crippen molar-refractivity contribution in [3.8, 4) is 11.4 Å². The van der Waals surface area contributed by atoms with E-state index >= 15 is 0 Å². The van der Waals surface area contributed by atoms with Gasteiger partial charge in [-0.05, 0) is 17.7 Å². The molecule has 0 aliphatic rings. The van der Waals surface area contributed by atoms with Crippen LogP contribution in [0.3, 0.4) is 0 Å². The minimum Gasteiger partial charge on any atom is -0.393 e. The first-order chi connectivity index (χ1) is 14.2. The highest BCUT2D eigenvalue weighted by atomic mass is 19.4. The zero-order valence-electron chi connectivity index (χ0n) is 15.3. The van der Waals surface area contributed by atoms with E-state index < -0.39 is 18.0 Å². The van der Waals surface area contributed by atoms with Gasteiger partial charge in [0.1, 0.15) is 5.70 Å². The number of amides is 1. The van der Waals surface area contributed by atoms with Crippen LogP contribution in [0.25, 0.3) is 11.4 Å². The number of hydrazine groups is 1. The number of carbonyl (C=O) groups excluding carboxylic acids is 1. The molecule has 0 atom stereocenters. The van der Waals surface area contributed by atoms with Crippen LogP contribution in [0.1, 0.15) is 11.5 Å². The smallest absolute Gasteiger partial charge is 0.393 e. The maximum Gasteiger partial charge on any atom is 0.471 e. The average Bonchev–Trinajstić information content (AvgIpc) is 3.20. The van der Waals surface area contributed by atoms with E-state index in [0.717, 1.165) is 0 Å². The summed E-state index contributed by atoms with van der Waals surface area (Å²) in [6, 6.07) is 9.51.